The normalized spacial score (nSPS) is 20.6. The van der Waals surface area contributed by atoms with Crippen molar-refractivity contribution in [3.63, 3.8) is 0 Å². The molecule has 2 aliphatic rings. The Labute approximate surface area is 156 Å². The molecule has 0 fully saturated rings. The Hall–Kier alpha value is -2.71. The van der Waals surface area contributed by atoms with E-state index in [-0.39, 0.29) is 0 Å². The van der Waals surface area contributed by atoms with Gasteiger partial charge in [0.05, 0.1) is 0 Å². The minimum absolute atomic E-state index is 0.511. The summed E-state index contributed by atoms with van der Waals surface area (Å²) in [5.41, 5.74) is 6.54. The van der Waals surface area contributed by atoms with Crippen LogP contribution in [0.3, 0.4) is 0 Å². The summed E-state index contributed by atoms with van der Waals surface area (Å²) in [5, 5.41) is 3.13. The Morgan fingerprint density at radius 3 is 2.65 bits per heavy atom. The van der Waals surface area contributed by atoms with Crippen molar-refractivity contribution >= 4 is 33.6 Å². The predicted octanol–water partition coefficient (Wildman–Crippen LogP) is 6.67. The number of allylic oxidation sites excluding steroid dienone is 3. The molecule has 3 aromatic carbocycles. The number of para-hydroxylation sites is 1. The molecule has 2 heteroatoms. The van der Waals surface area contributed by atoms with Crippen LogP contribution < -0.4 is 0 Å². The van der Waals surface area contributed by atoms with Gasteiger partial charge in [-0.05, 0) is 34.9 Å². The number of aromatic nitrogens is 1. The van der Waals surface area contributed by atoms with Crippen molar-refractivity contribution in [2.24, 2.45) is 0 Å². The van der Waals surface area contributed by atoms with Crippen LogP contribution in [0.1, 0.15) is 11.5 Å². The summed E-state index contributed by atoms with van der Waals surface area (Å²) >= 11 is 2.01. The third-order valence-corrected chi connectivity index (χ3v) is 6.97. The molecule has 124 valence electrons. The second kappa shape index (κ2) is 5.39. The zero-order valence-corrected chi connectivity index (χ0v) is 15.0. The summed E-state index contributed by atoms with van der Waals surface area (Å²) in [7, 11) is 0. The molecule has 0 amide bonds. The van der Waals surface area contributed by atoms with Gasteiger partial charge in [-0.1, -0.05) is 66.8 Å². The van der Waals surface area contributed by atoms with E-state index in [4.69, 9.17) is 0 Å². The van der Waals surface area contributed by atoms with Crippen molar-refractivity contribution in [2.45, 2.75) is 16.1 Å². The summed E-state index contributed by atoms with van der Waals surface area (Å²) < 4.78 is 0. The molecule has 0 radical (unpaired) electrons. The van der Waals surface area contributed by atoms with Gasteiger partial charge in [0.25, 0.3) is 0 Å². The zero-order valence-electron chi connectivity index (χ0n) is 14.1. The standard InChI is InChI=1S/C24H17NS/c1-3-10-21-17(6-1)20-14-15(12-13-22(20)25-21)16-8-5-9-19-18-7-2-4-11-23(18)26-24(16)19/h1-14,18,23,25H. The fraction of sp³-hybridized carbons (Fsp3) is 0.0833. The summed E-state index contributed by atoms with van der Waals surface area (Å²) in [6, 6.07) is 22.1. The van der Waals surface area contributed by atoms with Crippen molar-refractivity contribution in [3.05, 3.63) is 90.5 Å². The third kappa shape index (κ3) is 1.99. The number of hydrogen-bond acceptors (Lipinski definition) is 1. The first-order valence-electron chi connectivity index (χ1n) is 9.04. The highest BCUT2D eigenvalue weighted by atomic mass is 32.2. The first-order valence-corrected chi connectivity index (χ1v) is 9.92. The largest absolute Gasteiger partial charge is 0.355 e. The molecule has 1 aliphatic heterocycles. The zero-order chi connectivity index (χ0) is 17.1. The minimum atomic E-state index is 0.511. The molecule has 1 N–H and O–H groups in total. The maximum absolute atomic E-state index is 3.53. The van der Waals surface area contributed by atoms with Crippen molar-refractivity contribution in [1.82, 2.24) is 4.98 Å². The molecule has 6 rings (SSSR count). The van der Waals surface area contributed by atoms with E-state index in [1.165, 1.54) is 43.4 Å². The van der Waals surface area contributed by atoms with Gasteiger partial charge in [-0.15, -0.1) is 11.8 Å². The third-order valence-electron chi connectivity index (χ3n) is 5.56. The summed E-state index contributed by atoms with van der Waals surface area (Å²) in [6.07, 6.45) is 9.04. The summed E-state index contributed by atoms with van der Waals surface area (Å²) in [6.45, 7) is 0. The lowest BCUT2D eigenvalue weighted by Gasteiger charge is -2.14. The van der Waals surface area contributed by atoms with Crippen molar-refractivity contribution < 1.29 is 0 Å². The van der Waals surface area contributed by atoms with E-state index in [2.05, 4.69) is 90.0 Å². The van der Waals surface area contributed by atoms with Gasteiger partial charge in [0.15, 0.2) is 0 Å². The van der Waals surface area contributed by atoms with Gasteiger partial charge in [-0.25, -0.2) is 0 Å². The first kappa shape index (κ1) is 14.5. The summed E-state index contributed by atoms with van der Waals surface area (Å²) in [5.74, 6) is 0.511. The number of H-pyrrole nitrogens is 1. The Balaban J connectivity index is 1.56. The SMILES string of the molecule is C1=CC2Sc3c(-c4ccc5[nH]c6ccccc6c5c4)cccc3C2C=C1. The monoisotopic (exact) mass is 351 g/mol. The fourth-order valence-electron chi connectivity index (χ4n) is 4.31. The van der Waals surface area contributed by atoms with Crippen molar-refractivity contribution in [2.75, 3.05) is 0 Å². The van der Waals surface area contributed by atoms with E-state index in [0.29, 0.717) is 11.2 Å². The molecular weight excluding hydrogens is 334 g/mol. The maximum Gasteiger partial charge on any atom is 0.0465 e. The Kier molecular flexibility index (Phi) is 3.00. The molecule has 0 bridgehead atoms. The molecule has 1 aromatic heterocycles. The van der Waals surface area contributed by atoms with Crippen LogP contribution in [-0.4, -0.2) is 10.2 Å². The second-order valence-corrected chi connectivity index (χ2v) is 8.22. The molecule has 2 heterocycles. The number of benzene rings is 3. The predicted molar refractivity (Wildman–Crippen MR) is 112 cm³/mol. The molecule has 1 nitrogen and oxygen atoms in total. The Morgan fingerprint density at radius 1 is 0.769 bits per heavy atom. The van der Waals surface area contributed by atoms with Crippen molar-refractivity contribution in [1.29, 1.82) is 0 Å². The first-order chi connectivity index (χ1) is 12.9. The van der Waals surface area contributed by atoms with Crippen molar-refractivity contribution in [3.8, 4) is 11.1 Å². The molecule has 4 aromatic rings. The molecule has 0 saturated heterocycles. The smallest absolute Gasteiger partial charge is 0.0465 e. The molecule has 0 spiro atoms. The average Bonchev–Trinajstić information content (AvgIpc) is 3.25. The highest BCUT2D eigenvalue weighted by Crippen LogP contribution is 2.51. The number of nitrogens with one attached hydrogen (secondary N) is 1. The highest BCUT2D eigenvalue weighted by Gasteiger charge is 2.32. The quantitative estimate of drug-likeness (QED) is 0.405. The van der Waals surface area contributed by atoms with Gasteiger partial charge in [-0.3, -0.25) is 0 Å². The van der Waals surface area contributed by atoms with Crippen LogP contribution in [0, 0.1) is 0 Å². The molecular formula is C24H17NS. The molecule has 1 aliphatic carbocycles. The lowest BCUT2D eigenvalue weighted by atomic mass is 9.90. The second-order valence-electron chi connectivity index (χ2n) is 7.03. The van der Waals surface area contributed by atoms with E-state index in [1.807, 2.05) is 11.8 Å². The Morgan fingerprint density at radius 2 is 1.65 bits per heavy atom. The number of fused-ring (bicyclic) bond motifs is 6. The highest BCUT2D eigenvalue weighted by molar-refractivity contribution is 8.00. The topological polar surface area (TPSA) is 15.8 Å². The van der Waals surface area contributed by atoms with Gasteiger partial charge in [0.1, 0.15) is 0 Å². The van der Waals surface area contributed by atoms with Gasteiger partial charge < -0.3 is 4.98 Å². The number of aromatic amines is 1. The minimum Gasteiger partial charge on any atom is -0.355 e. The van der Waals surface area contributed by atoms with Gasteiger partial charge >= 0.3 is 0 Å². The van der Waals surface area contributed by atoms with Crippen LogP contribution in [-0.2, 0) is 0 Å². The fourth-order valence-corrected chi connectivity index (χ4v) is 5.79. The van der Waals surface area contributed by atoms with E-state index in [1.54, 1.807) is 0 Å². The number of rotatable bonds is 1. The lowest BCUT2D eigenvalue weighted by Crippen LogP contribution is -2.06. The van der Waals surface area contributed by atoms with Gasteiger partial charge in [-0.2, -0.15) is 0 Å². The van der Waals surface area contributed by atoms with Crippen LogP contribution in [0.4, 0.5) is 0 Å². The van der Waals surface area contributed by atoms with E-state index in [0.717, 1.165) is 0 Å². The lowest BCUT2D eigenvalue weighted by molar-refractivity contribution is 0.881. The number of thioether (sulfide) groups is 1. The van der Waals surface area contributed by atoms with Gasteiger partial charge in [0.2, 0.25) is 0 Å². The number of hydrogen-bond donors (Lipinski definition) is 1. The maximum atomic E-state index is 3.53. The van der Waals surface area contributed by atoms with Crippen LogP contribution in [0.15, 0.2) is 89.9 Å². The molecule has 2 unspecified atom stereocenters. The van der Waals surface area contributed by atoms with Crippen LogP contribution >= 0.6 is 11.8 Å². The van der Waals surface area contributed by atoms with Gasteiger partial charge in [0, 0.05) is 37.9 Å². The molecule has 26 heavy (non-hydrogen) atoms. The van der Waals surface area contributed by atoms with E-state index in [9.17, 15) is 0 Å². The van der Waals surface area contributed by atoms with Crippen LogP contribution in [0.2, 0.25) is 0 Å². The average molecular weight is 351 g/mol. The van der Waals surface area contributed by atoms with Crippen LogP contribution in [0.5, 0.6) is 0 Å². The van der Waals surface area contributed by atoms with E-state index < -0.39 is 0 Å². The summed E-state index contributed by atoms with van der Waals surface area (Å²) in [4.78, 5) is 4.97. The molecule has 2 atom stereocenters. The van der Waals surface area contributed by atoms with E-state index >= 15 is 0 Å². The Bertz CT molecular complexity index is 1230. The molecule has 0 saturated carbocycles. The van der Waals surface area contributed by atoms with Crippen LogP contribution in [0.25, 0.3) is 32.9 Å².